The van der Waals surface area contributed by atoms with Crippen LogP contribution in [0.2, 0.25) is 0 Å². The lowest BCUT2D eigenvalue weighted by Crippen LogP contribution is -2.41. The fraction of sp³-hybridized carbons (Fsp3) is 0.490. The molecule has 2 aromatic heterocycles. The summed E-state index contributed by atoms with van der Waals surface area (Å²) in [5.74, 6) is -0.760. The fourth-order valence-corrected chi connectivity index (χ4v) is 7.89. The van der Waals surface area contributed by atoms with Crippen molar-refractivity contribution in [1.82, 2.24) is 30.5 Å². The van der Waals surface area contributed by atoms with Crippen LogP contribution in [-0.4, -0.2) is 128 Å². The van der Waals surface area contributed by atoms with E-state index in [1.165, 1.54) is 0 Å². The van der Waals surface area contributed by atoms with E-state index in [-0.39, 0.29) is 30.2 Å². The third kappa shape index (κ3) is 15.4. The van der Waals surface area contributed by atoms with E-state index in [9.17, 15) is 19.2 Å². The summed E-state index contributed by atoms with van der Waals surface area (Å²) in [5, 5.41) is 16.3. The standard InChI is InChI=1S/C49H65N9O8/c1-63-26-27-65-30-31-66-29-28-64-25-19-46(59)53-20-6-4-12-43(50)47(60)54-21-5-2-3-7-24-58-48(61)42(40-10-8-13-44-41(40)11-9-22-52-44)32-45(56-58)36-14-16-39(17-15-36)55-49(62)57-34-37-18-23-51-33-38(37)35-57/h8-11,13-18,22-23,33,42-43H,2-7,12,19-21,24-32,34-35,50H2,1H3,(H,53,59)(H,54,60)(H,55,62). The first-order chi connectivity index (χ1) is 32.3. The minimum absolute atomic E-state index is 0.0521. The molecule has 5 N–H and O–H groups in total. The molecule has 2 unspecified atom stereocenters. The molecule has 0 fully saturated rings. The quantitative estimate of drug-likeness (QED) is 0.0539. The van der Waals surface area contributed by atoms with Gasteiger partial charge in [-0.25, -0.2) is 9.80 Å². The number of nitrogens with zero attached hydrogens (tertiary/aromatic N) is 5. The molecule has 4 aromatic rings. The van der Waals surface area contributed by atoms with E-state index in [1.807, 2.05) is 60.7 Å². The van der Waals surface area contributed by atoms with Crippen LogP contribution in [-0.2, 0) is 46.4 Å². The molecule has 2 aliphatic rings. The summed E-state index contributed by atoms with van der Waals surface area (Å²) in [4.78, 5) is 62.5. The lowest BCUT2D eigenvalue weighted by atomic mass is 9.86. The van der Waals surface area contributed by atoms with Crippen molar-refractivity contribution in [2.45, 2.75) is 82.8 Å². The van der Waals surface area contributed by atoms with E-state index in [0.717, 1.165) is 71.0 Å². The van der Waals surface area contributed by atoms with E-state index in [1.54, 1.807) is 35.6 Å². The number of methoxy groups -OCH3 is 1. The molecular formula is C49H65N9O8. The van der Waals surface area contributed by atoms with Crippen molar-refractivity contribution in [3.05, 3.63) is 102 Å². The summed E-state index contributed by atoms with van der Waals surface area (Å²) in [5.41, 5.74) is 12.4. The van der Waals surface area contributed by atoms with Gasteiger partial charge in [0.2, 0.25) is 11.8 Å². The van der Waals surface area contributed by atoms with Crippen molar-refractivity contribution in [2.75, 3.05) is 78.3 Å². The number of ether oxygens (including phenoxy) is 4. The van der Waals surface area contributed by atoms with Crippen LogP contribution in [0.3, 0.4) is 0 Å². The number of unbranched alkanes of at least 4 members (excludes halogenated alkanes) is 4. The number of pyridine rings is 2. The number of hydrogen-bond acceptors (Lipinski definition) is 12. The molecule has 2 aromatic carbocycles. The molecule has 66 heavy (non-hydrogen) atoms. The predicted molar refractivity (Wildman–Crippen MR) is 252 cm³/mol. The second kappa shape index (κ2) is 26.9. The summed E-state index contributed by atoms with van der Waals surface area (Å²) in [6.45, 7) is 5.78. The predicted octanol–water partition coefficient (Wildman–Crippen LogP) is 5.27. The van der Waals surface area contributed by atoms with Crippen LogP contribution in [0.25, 0.3) is 10.9 Å². The molecule has 2 atom stereocenters. The SMILES string of the molecule is COCCOCCOCCOCCC(=O)NCCCCC(N)C(=O)NCCCCCCN1N=C(c2ccc(NC(=O)N3Cc4ccncc4C3)cc2)CC(c2cccc3ncccc23)C1=O. The molecule has 17 heteroatoms. The number of carbonyl (C=O) groups excluding carboxylic acids is 4. The number of hydrazone groups is 1. The maximum Gasteiger partial charge on any atom is 0.322 e. The highest BCUT2D eigenvalue weighted by Crippen LogP contribution is 2.34. The first-order valence-electron chi connectivity index (χ1n) is 23.1. The highest BCUT2D eigenvalue weighted by atomic mass is 16.6. The van der Waals surface area contributed by atoms with E-state index >= 15 is 0 Å². The molecule has 2 aliphatic heterocycles. The Bertz CT molecular complexity index is 2180. The molecule has 0 radical (unpaired) electrons. The van der Waals surface area contributed by atoms with Gasteiger partial charge in [-0.15, -0.1) is 0 Å². The molecule has 5 amide bonds. The van der Waals surface area contributed by atoms with Crippen LogP contribution in [0.4, 0.5) is 10.5 Å². The zero-order valence-electron chi connectivity index (χ0n) is 38.1. The zero-order valence-corrected chi connectivity index (χ0v) is 38.1. The molecule has 6 rings (SSSR count). The van der Waals surface area contributed by atoms with Crippen molar-refractivity contribution < 1.29 is 38.1 Å². The summed E-state index contributed by atoms with van der Waals surface area (Å²) in [7, 11) is 1.63. The largest absolute Gasteiger partial charge is 0.382 e. The average molecular weight is 908 g/mol. The molecule has 17 nitrogen and oxygen atoms in total. The number of aromatic nitrogens is 2. The number of nitrogens with one attached hydrogen (secondary N) is 3. The maximum absolute atomic E-state index is 14.1. The van der Waals surface area contributed by atoms with Gasteiger partial charge in [-0.05, 0) is 84.7 Å². The summed E-state index contributed by atoms with van der Waals surface area (Å²) in [6.07, 6.45) is 11.2. The molecule has 0 spiro atoms. The van der Waals surface area contributed by atoms with Crippen LogP contribution < -0.4 is 21.7 Å². The highest BCUT2D eigenvalue weighted by Gasteiger charge is 2.33. The molecular weight excluding hydrogens is 843 g/mol. The van der Waals surface area contributed by atoms with E-state index in [4.69, 9.17) is 29.8 Å². The Morgan fingerprint density at radius 3 is 2.30 bits per heavy atom. The van der Waals surface area contributed by atoms with Crippen LogP contribution >= 0.6 is 0 Å². The van der Waals surface area contributed by atoms with Gasteiger partial charge in [0.15, 0.2) is 0 Å². The van der Waals surface area contributed by atoms with Crippen molar-refractivity contribution in [3.63, 3.8) is 0 Å². The normalized spacial score (nSPS) is 15.1. The second-order valence-corrected chi connectivity index (χ2v) is 16.4. The zero-order chi connectivity index (χ0) is 46.4. The smallest absolute Gasteiger partial charge is 0.322 e. The van der Waals surface area contributed by atoms with Gasteiger partial charge in [-0.3, -0.25) is 24.4 Å². The fourth-order valence-electron chi connectivity index (χ4n) is 7.89. The topological polar surface area (TPSA) is 212 Å². The number of carbonyl (C=O) groups is 4. The van der Waals surface area contributed by atoms with E-state index in [2.05, 4.69) is 25.9 Å². The number of amides is 5. The number of anilines is 1. The number of nitrogens with two attached hydrogens (primary N) is 1. The molecule has 0 saturated carbocycles. The highest BCUT2D eigenvalue weighted by molar-refractivity contribution is 6.07. The Kier molecular flexibility index (Phi) is 20.2. The first kappa shape index (κ1) is 49.6. The number of fused-ring (bicyclic) bond motifs is 2. The van der Waals surface area contributed by atoms with Crippen molar-refractivity contribution in [3.8, 4) is 0 Å². The average Bonchev–Trinajstić information content (AvgIpc) is 3.78. The van der Waals surface area contributed by atoms with Gasteiger partial charge in [0.1, 0.15) is 0 Å². The van der Waals surface area contributed by atoms with Gasteiger partial charge in [0, 0.05) is 82.3 Å². The van der Waals surface area contributed by atoms with E-state index in [0.29, 0.717) is 104 Å². The number of hydrogen-bond donors (Lipinski definition) is 4. The third-order valence-electron chi connectivity index (χ3n) is 11.6. The van der Waals surface area contributed by atoms with Gasteiger partial charge in [0.05, 0.1) is 69.4 Å². The maximum atomic E-state index is 14.1. The second-order valence-electron chi connectivity index (χ2n) is 16.4. The van der Waals surface area contributed by atoms with Crippen LogP contribution in [0, 0.1) is 0 Å². The monoisotopic (exact) mass is 907 g/mol. The molecule has 0 saturated heterocycles. The summed E-state index contributed by atoms with van der Waals surface area (Å²) < 4.78 is 21.1. The third-order valence-corrected chi connectivity index (χ3v) is 11.6. The minimum atomic E-state index is -0.614. The molecule has 354 valence electrons. The van der Waals surface area contributed by atoms with E-state index < -0.39 is 12.0 Å². The van der Waals surface area contributed by atoms with Crippen molar-refractivity contribution >= 4 is 46.1 Å². The van der Waals surface area contributed by atoms with Gasteiger partial charge in [0.25, 0.3) is 5.91 Å². The Hall–Kier alpha value is -5.85. The Balaban J connectivity index is 0.882. The van der Waals surface area contributed by atoms with Gasteiger partial charge in [-0.1, -0.05) is 43.2 Å². The van der Waals surface area contributed by atoms with Crippen molar-refractivity contribution in [1.29, 1.82) is 0 Å². The molecule has 0 aliphatic carbocycles. The van der Waals surface area contributed by atoms with Crippen molar-refractivity contribution in [2.24, 2.45) is 10.8 Å². The summed E-state index contributed by atoms with van der Waals surface area (Å²) in [6, 6.07) is 18.6. The number of benzene rings is 2. The lowest BCUT2D eigenvalue weighted by Gasteiger charge is -2.30. The first-order valence-corrected chi connectivity index (χ1v) is 23.1. The molecule has 4 heterocycles. The lowest BCUT2D eigenvalue weighted by molar-refractivity contribution is -0.133. The van der Waals surface area contributed by atoms with Crippen LogP contribution in [0.1, 0.15) is 86.0 Å². The summed E-state index contributed by atoms with van der Waals surface area (Å²) >= 11 is 0. The molecule has 0 bridgehead atoms. The Morgan fingerprint density at radius 2 is 1.52 bits per heavy atom. The van der Waals surface area contributed by atoms with Crippen LogP contribution in [0.15, 0.2) is 84.4 Å². The Labute approximate surface area is 387 Å². The minimum Gasteiger partial charge on any atom is -0.382 e. The number of urea groups is 1. The van der Waals surface area contributed by atoms with Gasteiger partial charge in [-0.2, -0.15) is 5.10 Å². The van der Waals surface area contributed by atoms with Crippen LogP contribution in [0.5, 0.6) is 0 Å². The van der Waals surface area contributed by atoms with Gasteiger partial charge >= 0.3 is 6.03 Å². The number of rotatable bonds is 28. The van der Waals surface area contributed by atoms with Gasteiger partial charge < -0.3 is 45.5 Å². The Morgan fingerprint density at radius 1 is 0.788 bits per heavy atom.